The Kier molecular flexibility index (Phi) is 4.15. The summed E-state index contributed by atoms with van der Waals surface area (Å²) in [5.41, 5.74) is 2.33. The Balaban J connectivity index is 2.49. The van der Waals surface area contributed by atoms with E-state index >= 15 is 0 Å². The highest BCUT2D eigenvalue weighted by Crippen LogP contribution is 2.22. The largest absolute Gasteiger partial charge is 0.360 e. The molecule has 0 saturated heterocycles. The molecule has 0 fully saturated rings. The highest BCUT2D eigenvalue weighted by molar-refractivity contribution is 5.81. The maximum Gasteiger partial charge on any atom is 0.133 e. The van der Waals surface area contributed by atoms with E-state index in [0.29, 0.717) is 0 Å². The van der Waals surface area contributed by atoms with Crippen molar-refractivity contribution in [3.05, 3.63) is 35.9 Å². The minimum absolute atomic E-state index is 0.869. The number of fused-ring (bicyclic) bond motifs is 1. The van der Waals surface area contributed by atoms with Gasteiger partial charge in [0, 0.05) is 31.1 Å². The van der Waals surface area contributed by atoms with Gasteiger partial charge in [0.15, 0.2) is 0 Å². The van der Waals surface area contributed by atoms with Crippen LogP contribution in [0.5, 0.6) is 0 Å². The second-order valence-electron chi connectivity index (χ2n) is 4.46. The van der Waals surface area contributed by atoms with Gasteiger partial charge in [-0.25, -0.2) is 4.98 Å². The van der Waals surface area contributed by atoms with E-state index < -0.39 is 0 Å². The zero-order chi connectivity index (χ0) is 13.0. The first-order valence-electron chi connectivity index (χ1n) is 6.56. The van der Waals surface area contributed by atoms with Crippen molar-refractivity contribution in [3.8, 4) is 0 Å². The Morgan fingerprint density at radius 1 is 1.22 bits per heavy atom. The zero-order valence-corrected chi connectivity index (χ0v) is 11.4. The van der Waals surface area contributed by atoms with Gasteiger partial charge in [-0.15, -0.1) is 0 Å². The minimum atomic E-state index is 0.869. The second-order valence-corrected chi connectivity index (χ2v) is 4.46. The maximum absolute atomic E-state index is 4.78. The molecular weight excluding hydrogens is 222 g/mol. The quantitative estimate of drug-likeness (QED) is 0.875. The van der Waals surface area contributed by atoms with Crippen LogP contribution in [-0.2, 0) is 6.54 Å². The molecule has 2 aromatic rings. The SMILES string of the molecule is CCNCc1cc2ccccc2nc1N(C)CC. The van der Waals surface area contributed by atoms with Gasteiger partial charge in [0.1, 0.15) is 5.82 Å². The fourth-order valence-corrected chi connectivity index (χ4v) is 2.02. The van der Waals surface area contributed by atoms with Crippen LogP contribution in [0.3, 0.4) is 0 Å². The summed E-state index contributed by atoms with van der Waals surface area (Å²) in [6.07, 6.45) is 0. The van der Waals surface area contributed by atoms with E-state index in [9.17, 15) is 0 Å². The monoisotopic (exact) mass is 243 g/mol. The number of nitrogens with one attached hydrogen (secondary N) is 1. The smallest absolute Gasteiger partial charge is 0.133 e. The van der Waals surface area contributed by atoms with E-state index in [1.165, 1.54) is 10.9 Å². The third-order valence-corrected chi connectivity index (χ3v) is 3.18. The van der Waals surface area contributed by atoms with Gasteiger partial charge >= 0.3 is 0 Å². The van der Waals surface area contributed by atoms with Crippen molar-refractivity contribution in [2.24, 2.45) is 0 Å². The molecule has 1 aromatic heterocycles. The van der Waals surface area contributed by atoms with E-state index in [4.69, 9.17) is 4.98 Å². The molecule has 0 atom stereocenters. The number of aromatic nitrogens is 1. The van der Waals surface area contributed by atoms with E-state index in [-0.39, 0.29) is 0 Å². The van der Waals surface area contributed by atoms with Gasteiger partial charge in [0.05, 0.1) is 5.52 Å². The predicted molar refractivity (Wildman–Crippen MR) is 78.1 cm³/mol. The van der Waals surface area contributed by atoms with Crippen LogP contribution in [-0.4, -0.2) is 25.1 Å². The maximum atomic E-state index is 4.78. The molecule has 1 aromatic carbocycles. The van der Waals surface area contributed by atoms with E-state index in [1.54, 1.807) is 0 Å². The average Bonchev–Trinajstić information content (AvgIpc) is 2.43. The standard InChI is InChI=1S/C15H21N3/c1-4-16-11-13-10-12-8-6-7-9-14(12)17-15(13)18(3)5-2/h6-10,16H,4-5,11H2,1-3H3. The fourth-order valence-electron chi connectivity index (χ4n) is 2.02. The van der Waals surface area contributed by atoms with Gasteiger partial charge in [-0.1, -0.05) is 25.1 Å². The van der Waals surface area contributed by atoms with Crippen molar-refractivity contribution in [2.45, 2.75) is 20.4 Å². The summed E-state index contributed by atoms with van der Waals surface area (Å²) in [5, 5.41) is 4.59. The normalized spacial score (nSPS) is 10.8. The molecule has 0 aliphatic heterocycles. The van der Waals surface area contributed by atoms with Crippen LogP contribution in [0.15, 0.2) is 30.3 Å². The summed E-state index contributed by atoms with van der Waals surface area (Å²) in [6.45, 7) is 7.08. The van der Waals surface area contributed by atoms with Crippen LogP contribution >= 0.6 is 0 Å². The lowest BCUT2D eigenvalue weighted by Gasteiger charge is -2.20. The molecule has 1 N–H and O–H groups in total. The molecule has 0 radical (unpaired) electrons. The topological polar surface area (TPSA) is 28.2 Å². The van der Waals surface area contributed by atoms with Gasteiger partial charge in [0.25, 0.3) is 0 Å². The number of anilines is 1. The number of rotatable bonds is 5. The van der Waals surface area contributed by atoms with Gasteiger partial charge in [-0.05, 0) is 25.6 Å². The van der Waals surface area contributed by atoms with Crippen LogP contribution in [0, 0.1) is 0 Å². The van der Waals surface area contributed by atoms with E-state index in [2.05, 4.69) is 55.4 Å². The van der Waals surface area contributed by atoms with Gasteiger partial charge in [-0.2, -0.15) is 0 Å². The summed E-state index contributed by atoms with van der Waals surface area (Å²) in [6, 6.07) is 10.5. The number of pyridine rings is 1. The van der Waals surface area contributed by atoms with Crippen LogP contribution in [0.4, 0.5) is 5.82 Å². The third-order valence-electron chi connectivity index (χ3n) is 3.18. The first-order chi connectivity index (χ1) is 8.76. The first kappa shape index (κ1) is 12.8. The van der Waals surface area contributed by atoms with E-state index in [0.717, 1.165) is 31.0 Å². The molecule has 0 unspecified atom stereocenters. The molecular formula is C15H21N3. The molecule has 0 bridgehead atoms. The van der Waals surface area contributed by atoms with Gasteiger partial charge < -0.3 is 10.2 Å². The summed E-state index contributed by atoms with van der Waals surface area (Å²) in [5.74, 6) is 1.08. The third kappa shape index (κ3) is 2.62. The Hall–Kier alpha value is -1.61. The summed E-state index contributed by atoms with van der Waals surface area (Å²) in [7, 11) is 2.09. The van der Waals surface area contributed by atoms with Crippen molar-refractivity contribution in [1.29, 1.82) is 0 Å². The first-order valence-corrected chi connectivity index (χ1v) is 6.56. The number of nitrogens with zero attached hydrogens (tertiary/aromatic N) is 2. The zero-order valence-electron chi connectivity index (χ0n) is 11.4. The Bertz CT molecular complexity index is 522. The van der Waals surface area contributed by atoms with Gasteiger partial charge in [0.2, 0.25) is 0 Å². The Labute approximate surface area is 109 Å². The highest BCUT2D eigenvalue weighted by atomic mass is 15.2. The van der Waals surface area contributed by atoms with Gasteiger partial charge in [-0.3, -0.25) is 0 Å². The molecule has 18 heavy (non-hydrogen) atoms. The molecule has 0 amide bonds. The molecule has 3 heteroatoms. The number of para-hydroxylation sites is 1. The summed E-state index contributed by atoms with van der Waals surface area (Å²) in [4.78, 5) is 6.98. The van der Waals surface area contributed by atoms with Crippen molar-refractivity contribution in [1.82, 2.24) is 10.3 Å². The number of hydrogen-bond acceptors (Lipinski definition) is 3. The lowest BCUT2D eigenvalue weighted by atomic mass is 10.1. The van der Waals surface area contributed by atoms with Crippen LogP contribution in [0.25, 0.3) is 10.9 Å². The molecule has 3 nitrogen and oxygen atoms in total. The molecule has 1 heterocycles. The van der Waals surface area contributed by atoms with Crippen LogP contribution in [0.1, 0.15) is 19.4 Å². The van der Waals surface area contributed by atoms with E-state index in [1.807, 2.05) is 6.07 Å². The van der Waals surface area contributed by atoms with Crippen molar-refractivity contribution >= 4 is 16.7 Å². The molecule has 0 aliphatic carbocycles. The van der Waals surface area contributed by atoms with Crippen LogP contribution in [0.2, 0.25) is 0 Å². The molecule has 2 rings (SSSR count). The lowest BCUT2D eigenvalue weighted by Crippen LogP contribution is -2.21. The Morgan fingerprint density at radius 2 is 2.00 bits per heavy atom. The lowest BCUT2D eigenvalue weighted by molar-refractivity contribution is 0.722. The van der Waals surface area contributed by atoms with Crippen molar-refractivity contribution < 1.29 is 0 Å². The molecule has 0 aliphatic rings. The second kappa shape index (κ2) is 5.83. The van der Waals surface area contributed by atoms with Crippen molar-refractivity contribution in [3.63, 3.8) is 0 Å². The molecule has 0 spiro atoms. The molecule has 0 saturated carbocycles. The van der Waals surface area contributed by atoms with Crippen molar-refractivity contribution in [2.75, 3.05) is 25.0 Å². The average molecular weight is 243 g/mol. The molecule has 96 valence electrons. The summed E-state index contributed by atoms with van der Waals surface area (Å²) < 4.78 is 0. The Morgan fingerprint density at radius 3 is 2.72 bits per heavy atom. The highest BCUT2D eigenvalue weighted by Gasteiger charge is 2.09. The minimum Gasteiger partial charge on any atom is -0.360 e. The number of benzene rings is 1. The fraction of sp³-hybridized carbons (Fsp3) is 0.400. The summed E-state index contributed by atoms with van der Waals surface area (Å²) >= 11 is 0. The number of hydrogen-bond donors (Lipinski definition) is 1. The van der Waals surface area contributed by atoms with Crippen LogP contribution < -0.4 is 10.2 Å². The predicted octanol–water partition coefficient (Wildman–Crippen LogP) is 2.80.